The van der Waals surface area contributed by atoms with E-state index in [-0.39, 0.29) is 0 Å². The average molecular weight is 179 g/mol. The zero-order chi connectivity index (χ0) is 9.68. The highest BCUT2D eigenvalue weighted by Gasteiger charge is 2.03. The molecule has 1 aromatic rings. The quantitative estimate of drug-likeness (QED) is 0.761. The number of aromatic nitrogens is 1. The van der Waals surface area contributed by atoms with E-state index < -0.39 is 0 Å². The Morgan fingerprint density at radius 3 is 2.62 bits per heavy atom. The van der Waals surface area contributed by atoms with E-state index in [4.69, 9.17) is 5.73 Å². The molecule has 0 saturated carbocycles. The highest BCUT2D eigenvalue weighted by atomic mass is 15.1. The molecule has 1 heterocycles. The van der Waals surface area contributed by atoms with Gasteiger partial charge in [0.15, 0.2) is 0 Å². The molecule has 0 unspecified atom stereocenters. The summed E-state index contributed by atoms with van der Waals surface area (Å²) in [6.07, 6.45) is 3.56. The van der Waals surface area contributed by atoms with E-state index in [9.17, 15) is 0 Å². The second kappa shape index (κ2) is 4.82. The van der Waals surface area contributed by atoms with Crippen LogP contribution in [0.25, 0.3) is 0 Å². The number of nitrogen functional groups attached to an aromatic ring is 1. The molecule has 1 aromatic heterocycles. The van der Waals surface area contributed by atoms with Gasteiger partial charge in [0.1, 0.15) is 0 Å². The molecule has 0 saturated heterocycles. The second-order valence-electron chi connectivity index (χ2n) is 3.04. The molecule has 0 spiro atoms. The fraction of sp³-hybridized carbons (Fsp3) is 0.500. The molecule has 72 valence electrons. The molecule has 1 rings (SSSR count). The Balaban J connectivity index is 2.67. The Morgan fingerprint density at radius 2 is 2.08 bits per heavy atom. The van der Waals surface area contributed by atoms with Gasteiger partial charge in [-0.15, -0.1) is 0 Å². The van der Waals surface area contributed by atoms with E-state index >= 15 is 0 Å². The van der Waals surface area contributed by atoms with Crippen LogP contribution < -0.4 is 5.73 Å². The van der Waals surface area contributed by atoms with Crippen molar-refractivity contribution in [3.05, 3.63) is 24.0 Å². The first kappa shape index (κ1) is 9.99. The minimum atomic E-state index is 0.835. The molecule has 0 fully saturated rings. The third-order valence-electron chi connectivity index (χ3n) is 2.23. The molecule has 0 bridgehead atoms. The Kier molecular flexibility index (Phi) is 3.71. The zero-order valence-corrected chi connectivity index (χ0v) is 8.33. The number of nitrogens with zero attached hydrogens (tertiary/aromatic N) is 2. The molecule has 0 atom stereocenters. The third-order valence-corrected chi connectivity index (χ3v) is 2.23. The van der Waals surface area contributed by atoms with Crippen LogP contribution in [0, 0.1) is 0 Å². The minimum Gasteiger partial charge on any atom is -0.398 e. The van der Waals surface area contributed by atoms with Crippen LogP contribution in [-0.2, 0) is 6.54 Å². The van der Waals surface area contributed by atoms with Gasteiger partial charge in [-0.2, -0.15) is 0 Å². The Morgan fingerprint density at radius 1 is 1.38 bits per heavy atom. The van der Waals surface area contributed by atoms with Crippen LogP contribution in [0.15, 0.2) is 18.5 Å². The lowest BCUT2D eigenvalue weighted by molar-refractivity contribution is 0.296. The lowest BCUT2D eigenvalue weighted by Crippen LogP contribution is -2.22. The van der Waals surface area contributed by atoms with Crippen molar-refractivity contribution in [3.8, 4) is 0 Å². The van der Waals surface area contributed by atoms with Gasteiger partial charge in [0, 0.05) is 30.2 Å². The molecule has 0 aromatic carbocycles. The lowest BCUT2D eigenvalue weighted by atomic mass is 10.2. The van der Waals surface area contributed by atoms with E-state index in [1.54, 1.807) is 6.20 Å². The Labute approximate surface area is 79.6 Å². The fourth-order valence-corrected chi connectivity index (χ4v) is 1.26. The van der Waals surface area contributed by atoms with Crippen molar-refractivity contribution in [2.45, 2.75) is 20.4 Å². The summed E-state index contributed by atoms with van der Waals surface area (Å²) in [5, 5.41) is 0. The van der Waals surface area contributed by atoms with E-state index in [1.807, 2.05) is 12.3 Å². The van der Waals surface area contributed by atoms with Gasteiger partial charge >= 0.3 is 0 Å². The molecule has 13 heavy (non-hydrogen) atoms. The topological polar surface area (TPSA) is 42.2 Å². The number of pyridine rings is 1. The van der Waals surface area contributed by atoms with E-state index in [2.05, 4.69) is 23.7 Å². The van der Waals surface area contributed by atoms with Gasteiger partial charge in [0.2, 0.25) is 0 Å². The number of hydrogen-bond acceptors (Lipinski definition) is 3. The molecule has 2 N–H and O–H groups in total. The summed E-state index contributed by atoms with van der Waals surface area (Å²) >= 11 is 0. The van der Waals surface area contributed by atoms with Crippen LogP contribution in [0.2, 0.25) is 0 Å². The van der Waals surface area contributed by atoms with Crippen LogP contribution in [-0.4, -0.2) is 23.0 Å². The monoisotopic (exact) mass is 179 g/mol. The Hall–Kier alpha value is -1.09. The van der Waals surface area contributed by atoms with Crippen molar-refractivity contribution in [2.75, 3.05) is 18.8 Å². The standard InChI is InChI=1S/C10H17N3/c1-3-13(4-2)8-9-7-12-6-5-10(9)11/h5-7H,3-4,8H2,1-2H3,(H2,11,12). The predicted octanol–water partition coefficient (Wildman–Crippen LogP) is 1.51. The molecular formula is C10H17N3. The second-order valence-corrected chi connectivity index (χ2v) is 3.04. The summed E-state index contributed by atoms with van der Waals surface area (Å²) in [7, 11) is 0. The lowest BCUT2D eigenvalue weighted by Gasteiger charge is -2.18. The summed E-state index contributed by atoms with van der Waals surface area (Å²) in [6, 6.07) is 1.85. The molecule has 0 aliphatic carbocycles. The molecule has 3 nitrogen and oxygen atoms in total. The molecule has 0 amide bonds. The Bertz CT molecular complexity index is 256. The largest absolute Gasteiger partial charge is 0.398 e. The van der Waals surface area contributed by atoms with Crippen molar-refractivity contribution in [3.63, 3.8) is 0 Å². The highest BCUT2D eigenvalue weighted by molar-refractivity contribution is 5.44. The first-order chi connectivity index (χ1) is 6.27. The number of anilines is 1. The average Bonchev–Trinajstić information content (AvgIpc) is 2.17. The van der Waals surface area contributed by atoms with Crippen molar-refractivity contribution in [1.29, 1.82) is 0 Å². The fourth-order valence-electron chi connectivity index (χ4n) is 1.26. The normalized spacial score (nSPS) is 10.7. The number of nitrogens with two attached hydrogens (primary N) is 1. The summed E-state index contributed by atoms with van der Waals surface area (Å²) < 4.78 is 0. The van der Waals surface area contributed by atoms with Gasteiger partial charge in [-0.05, 0) is 19.2 Å². The van der Waals surface area contributed by atoms with Crippen LogP contribution in [0.3, 0.4) is 0 Å². The maximum absolute atomic E-state index is 5.81. The van der Waals surface area contributed by atoms with Gasteiger partial charge in [0.25, 0.3) is 0 Å². The predicted molar refractivity (Wildman–Crippen MR) is 55.3 cm³/mol. The highest BCUT2D eigenvalue weighted by Crippen LogP contribution is 2.11. The third kappa shape index (κ3) is 2.70. The first-order valence-corrected chi connectivity index (χ1v) is 4.68. The first-order valence-electron chi connectivity index (χ1n) is 4.68. The van der Waals surface area contributed by atoms with E-state index in [0.717, 1.165) is 30.9 Å². The van der Waals surface area contributed by atoms with Crippen LogP contribution >= 0.6 is 0 Å². The van der Waals surface area contributed by atoms with Crippen molar-refractivity contribution in [2.24, 2.45) is 0 Å². The van der Waals surface area contributed by atoms with E-state index in [1.165, 1.54) is 0 Å². The van der Waals surface area contributed by atoms with Crippen LogP contribution in [0.4, 0.5) is 5.69 Å². The van der Waals surface area contributed by atoms with Crippen molar-refractivity contribution < 1.29 is 0 Å². The molecule has 0 radical (unpaired) electrons. The smallest absolute Gasteiger partial charge is 0.0390 e. The van der Waals surface area contributed by atoms with Crippen molar-refractivity contribution >= 4 is 5.69 Å². The summed E-state index contributed by atoms with van der Waals surface area (Å²) in [4.78, 5) is 6.37. The van der Waals surface area contributed by atoms with Gasteiger partial charge in [-0.25, -0.2) is 0 Å². The van der Waals surface area contributed by atoms with Gasteiger partial charge in [-0.3, -0.25) is 9.88 Å². The summed E-state index contributed by atoms with van der Waals surface area (Å²) in [6.45, 7) is 7.29. The van der Waals surface area contributed by atoms with Crippen LogP contribution in [0.1, 0.15) is 19.4 Å². The maximum Gasteiger partial charge on any atom is 0.0390 e. The van der Waals surface area contributed by atoms with Crippen LogP contribution in [0.5, 0.6) is 0 Å². The minimum absolute atomic E-state index is 0.835. The van der Waals surface area contributed by atoms with Crippen molar-refractivity contribution in [1.82, 2.24) is 9.88 Å². The number of rotatable bonds is 4. The van der Waals surface area contributed by atoms with Gasteiger partial charge < -0.3 is 5.73 Å². The maximum atomic E-state index is 5.81. The number of hydrogen-bond donors (Lipinski definition) is 1. The molecule has 0 aliphatic rings. The summed E-state index contributed by atoms with van der Waals surface area (Å²) in [5.74, 6) is 0. The zero-order valence-electron chi connectivity index (χ0n) is 8.33. The molecular weight excluding hydrogens is 162 g/mol. The van der Waals surface area contributed by atoms with Gasteiger partial charge in [0.05, 0.1) is 0 Å². The van der Waals surface area contributed by atoms with Gasteiger partial charge in [-0.1, -0.05) is 13.8 Å². The summed E-state index contributed by atoms with van der Waals surface area (Å²) in [5.41, 5.74) is 7.76. The molecule has 3 heteroatoms. The van der Waals surface area contributed by atoms with E-state index in [0.29, 0.717) is 0 Å². The SMILES string of the molecule is CCN(CC)Cc1cnccc1N. The molecule has 0 aliphatic heterocycles.